The zero-order valence-corrected chi connectivity index (χ0v) is 12.7. The minimum absolute atomic E-state index is 0.0658. The molecule has 0 spiro atoms. The van der Waals surface area contributed by atoms with Crippen LogP contribution in [0.5, 0.6) is 0 Å². The van der Waals surface area contributed by atoms with Crippen LogP contribution >= 0.6 is 11.3 Å². The molecule has 0 bridgehead atoms. The lowest BCUT2D eigenvalue weighted by Crippen LogP contribution is -2.37. The molecule has 1 aromatic heterocycles. The van der Waals surface area contributed by atoms with E-state index >= 15 is 0 Å². The van der Waals surface area contributed by atoms with Gasteiger partial charge >= 0.3 is 12.0 Å². The van der Waals surface area contributed by atoms with Crippen molar-refractivity contribution in [1.29, 1.82) is 0 Å². The van der Waals surface area contributed by atoms with E-state index in [0.29, 0.717) is 13.0 Å². The summed E-state index contributed by atoms with van der Waals surface area (Å²) in [5.41, 5.74) is 0.0658. The van der Waals surface area contributed by atoms with Gasteiger partial charge in [-0.2, -0.15) is 0 Å². The molecule has 1 fully saturated rings. The van der Waals surface area contributed by atoms with Crippen LogP contribution in [-0.4, -0.2) is 35.2 Å². The molecular weight excluding hydrogens is 290 g/mol. The van der Waals surface area contributed by atoms with Crippen molar-refractivity contribution in [3.63, 3.8) is 0 Å². The molecule has 1 aliphatic carbocycles. The van der Waals surface area contributed by atoms with E-state index in [0.717, 1.165) is 23.9 Å². The van der Waals surface area contributed by atoms with E-state index < -0.39 is 5.97 Å². The summed E-state index contributed by atoms with van der Waals surface area (Å²) < 4.78 is 0. The van der Waals surface area contributed by atoms with Crippen molar-refractivity contribution in [2.45, 2.75) is 38.5 Å². The Hall–Kier alpha value is -1.63. The van der Waals surface area contributed by atoms with E-state index in [9.17, 15) is 9.59 Å². The number of amides is 2. The van der Waals surface area contributed by atoms with Crippen LogP contribution in [0.15, 0.2) is 5.38 Å². The fourth-order valence-corrected chi connectivity index (χ4v) is 3.33. The van der Waals surface area contributed by atoms with Crippen LogP contribution in [0.3, 0.4) is 0 Å². The van der Waals surface area contributed by atoms with Crippen molar-refractivity contribution < 1.29 is 14.7 Å². The number of nitrogens with one attached hydrogen (secondary N) is 2. The first-order chi connectivity index (χ1) is 10.1. The Morgan fingerprint density at radius 1 is 1.29 bits per heavy atom. The Morgan fingerprint density at radius 3 is 2.67 bits per heavy atom. The van der Waals surface area contributed by atoms with Gasteiger partial charge in [0.1, 0.15) is 0 Å². The van der Waals surface area contributed by atoms with Crippen molar-refractivity contribution >= 4 is 23.3 Å². The van der Waals surface area contributed by atoms with Gasteiger partial charge < -0.3 is 15.7 Å². The quantitative estimate of drug-likeness (QED) is 0.720. The Morgan fingerprint density at radius 2 is 2.00 bits per heavy atom. The maximum absolute atomic E-state index is 11.6. The summed E-state index contributed by atoms with van der Waals surface area (Å²) in [6.07, 6.45) is 6.83. The maximum atomic E-state index is 11.6. The molecule has 7 heteroatoms. The van der Waals surface area contributed by atoms with Gasteiger partial charge in [0.25, 0.3) is 0 Å². The monoisotopic (exact) mass is 311 g/mol. The lowest BCUT2D eigenvalue weighted by atomic mass is 10.0. The molecule has 1 aromatic rings. The molecule has 3 N–H and O–H groups in total. The highest BCUT2D eigenvalue weighted by Crippen LogP contribution is 2.26. The van der Waals surface area contributed by atoms with E-state index in [1.165, 1.54) is 42.4 Å². The van der Waals surface area contributed by atoms with Crippen LogP contribution in [0.2, 0.25) is 0 Å². The lowest BCUT2D eigenvalue weighted by molar-refractivity contribution is 0.0691. The number of carboxylic acids is 1. The minimum Gasteiger partial charge on any atom is -0.476 e. The summed E-state index contributed by atoms with van der Waals surface area (Å²) in [5, 5.41) is 16.6. The topological polar surface area (TPSA) is 91.3 Å². The smallest absolute Gasteiger partial charge is 0.355 e. The molecule has 21 heavy (non-hydrogen) atoms. The van der Waals surface area contributed by atoms with E-state index in [4.69, 9.17) is 5.11 Å². The Kier molecular flexibility index (Phi) is 5.98. The fraction of sp³-hybridized carbons (Fsp3) is 0.643. The first-order valence-corrected chi connectivity index (χ1v) is 8.22. The molecule has 2 amide bonds. The van der Waals surface area contributed by atoms with Crippen LogP contribution in [0, 0.1) is 5.92 Å². The van der Waals surface area contributed by atoms with Gasteiger partial charge in [0.05, 0.1) is 5.01 Å². The number of carboxylic acid groups (broad SMARTS) is 1. The highest BCUT2D eigenvalue weighted by molar-refractivity contribution is 7.09. The second kappa shape index (κ2) is 7.97. The lowest BCUT2D eigenvalue weighted by Gasteiger charge is -2.10. The van der Waals surface area contributed by atoms with E-state index in [1.54, 1.807) is 0 Å². The van der Waals surface area contributed by atoms with Crippen LogP contribution in [-0.2, 0) is 6.42 Å². The summed E-state index contributed by atoms with van der Waals surface area (Å²) >= 11 is 1.30. The largest absolute Gasteiger partial charge is 0.476 e. The third kappa shape index (κ3) is 5.34. The molecule has 1 heterocycles. The molecule has 2 rings (SSSR count). The van der Waals surface area contributed by atoms with Crippen molar-refractivity contribution in [3.8, 4) is 0 Å². The fourth-order valence-electron chi connectivity index (χ4n) is 2.56. The number of hydrogen-bond donors (Lipinski definition) is 3. The van der Waals surface area contributed by atoms with E-state index in [2.05, 4.69) is 15.6 Å². The predicted molar refractivity (Wildman–Crippen MR) is 80.8 cm³/mol. The molecule has 0 radical (unpaired) electrons. The molecule has 0 aliphatic heterocycles. The first-order valence-electron chi connectivity index (χ1n) is 7.34. The van der Waals surface area contributed by atoms with E-state index in [1.807, 2.05) is 0 Å². The van der Waals surface area contributed by atoms with Gasteiger partial charge in [-0.15, -0.1) is 11.3 Å². The maximum Gasteiger partial charge on any atom is 0.355 e. The number of nitrogens with zero attached hydrogens (tertiary/aromatic N) is 1. The molecule has 116 valence electrons. The normalized spacial score (nSPS) is 15.0. The standard InChI is InChI=1S/C14H21N3O3S/c18-13(19)11-9-21-12(17-11)6-8-16-14(20)15-7-5-10-3-1-2-4-10/h9-10H,1-8H2,(H,18,19)(H2,15,16,20). The Bertz CT molecular complexity index is 484. The number of carbonyl (C=O) groups is 2. The summed E-state index contributed by atoms with van der Waals surface area (Å²) in [5.74, 6) is -0.245. The van der Waals surface area contributed by atoms with Gasteiger partial charge in [-0.1, -0.05) is 25.7 Å². The van der Waals surface area contributed by atoms with Crippen molar-refractivity contribution in [2.24, 2.45) is 5.92 Å². The molecule has 0 unspecified atom stereocenters. The summed E-state index contributed by atoms with van der Waals surface area (Å²) in [4.78, 5) is 26.2. The van der Waals surface area contributed by atoms with Crippen molar-refractivity contribution in [3.05, 3.63) is 16.1 Å². The number of aromatic carboxylic acids is 1. The van der Waals surface area contributed by atoms with Crippen LogP contribution in [0.1, 0.15) is 47.6 Å². The van der Waals surface area contributed by atoms with Crippen molar-refractivity contribution in [1.82, 2.24) is 15.6 Å². The molecule has 1 saturated carbocycles. The van der Waals surface area contributed by atoms with E-state index in [-0.39, 0.29) is 11.7 Å². The number of thiazole rings is 1. The Labute approximate surface area is 128 Å². The second-order valence-electron chi connectivity index (χ2n) is 5.30. The predicted octanol–water partition coefficient (Wildman–Crippen LogP) is 2.26. The van der Waals surface area contributed by atoms with Crippen LogP contribution in [0.25, 0.3) is 0 Å². The van der Waals surface area contributed by atoms with Gasteiger partial charge in [0, 0.05) is 24.9 Å². The third-order valence-electron chi connectivity index (χ3n) is 3.71. The number of urea groups is 1. The summed E-state index contributed by atoms with van der Waals surface area (Å²) in [6.45, 7) is 1.18. The molecular formula is C14H21N3O3S. The molecule has 6 nitrogen and oxygen atoms in total. The van der Waals surface area contributed by atoms with Gasteiger partial charge in [-0.3, -0.25) is 0 Å². The van der Waals surface area contributed by atoms with Gasteiger partial charge in [0.2, 0.25) is 0 Å². The van der Waals surface area contributed by atoms with Crippen LogP contribution < -0.4 is 10.6 Å². The van der Waals surface area contributed by atoms with Gasteiger partial charge in [0.15, 0.2) is 5.69 Å². The van der Waals surface area contributed by atoms with Gasteiger partial charge in [-0.05, 0) is 12.3 Å². The molecule has 0 atom stereocenters. The highest BCUT2D eigenvalue weighted by atomic mass is 32.1. The first kappa shape index (κ1) is 15.8. The minimum atomic E-state index is -1.02. The SMILES string of the molecule is O=C(NCCc1nc(C(=O)O)cs1)NCCC1CCCC1. The average molecular weight is 311 g/mol. The number of hydrogen-bond acceptors (Lipinski definition) is 4. The van der Waals surface area contributed by atoms with Gasteiger partial charge in [-0.25, -0.2) is 14.6 Å². The number of carbonyl (C=O) groups excluding carboxylic acids is 1. The summed E-state index contributed by atoms with van der Waals surface area (Å²) in [6, 6.07) is -0.164. The molecule has 1 aliphatic rings. The second-order valence-corrected chi connectivity index (χ2v) is 6.25. The number of rotatable bonds is 7. The highest BCUT2D eigenvalue weighted by Gasteiger charge is 2.14. The average Bonchev–Trinajstić information content (AvgIpc) is 3.09. The van der Waals surface area contributed by atoms with Crippen molar-refractivity contribution in [2.75, 3.05) is 13.1 Å². The Balaban J connectivity index is 1.56. The summed E-state index contributed by atoms with van der Waals surface area (Å²) in [7, 11) is 0. The third-order valence-corrected chi connectivity index (χ3v) is 4.62. The molecule has 0 aromatic carbocycles. The zero-order chi connectivity index (χ0) is 15.1. The van der Waals surface area contributed by atoms with Crippen LogP contribution in [0.4, 0.5) is 4.79 Å². The number of aromatic nitrogens is 1. The molecule has 0 saturated heterocycles. The zero-order valence-electron chi connectivity index (χ0n) is 11.9.